The Labute approximate surface area is 253 Å². The van der Waals surface area contributed by atoms with Gasteiger partial charge in [-0.25, -0.2) is 0 Å². The largest absolute Gasteiger partial charge is 0.258 e. The number of hydrogen-bond donors (Lipinski definition) is 0. The molecule has 0 saturated heterocycles. The molecular formula is C39H73N. The average molecular weight is 556 g/mol. The lowest BCUT2D eigenvalue weighted by atomic mass is 10.0. The van der Waals surface area contributed by atoms with Gasteiger partial charge >= 0.3 is 0 Å². The fourth-order valence-corrected chi connectivity index (χ4v) is 6.15. The van der Waals surface area contributed by atoms with Gasteiger partial charge in [0.15, 0.2) is 0 Å². The van der Waals surface area contributed by atoms with E-state index in [2.05, 4.69) is 32.9 Å². The van der Waals surface area contributed by atoms with E-state index in [1.165, 1.54) is 210 Å². The first-order valence-corrected chi connectivity index (χ1v) is 18.8. The molecule has 0 N–H and O–H groups in total. The van der Waals surface area contributed by atoms with Crippen molar-refractivity contribution in [2.45, 2.75) is 220 Å². The summed E-state index contributed by atoms with van der Waals surface area (Å²) in [5.41, 5.74) is 4.30. The number of rotatable bonds is 31. The summed E-state index contributed by atoms with van der Waals surface area (Å²) in [5, 5.41) is 0. The fourth-order valence-electron chi connectivity index (χ4n) is 6.15. The molecule has 40 heavy (non-hydrogen) atoms. The summed E-state index contributed by atoms with van der Waals surface area (Å²) in [6.45, 7) is 6.92. The molecule has 0 aliphatic rings. The van der Waals surface area contributed by atoms with E-state index in [1.807, 2.05) is 0 Å². The minimum atomic E-state index is 1.18. The summed E-state index contributed by atoms with van der Waals surface area (Å²) in [6.07, 6.45) is 43.3. The lowest BCUT2D eigenvalue weighted by Crippen LogP contribution is -2.00. The standard InChI is InChI=1S/C39H73N/c1-4-7-10-12-14-16-18-20-22-24-26-28-30-33-38-35-37(32-9-6-3)36-39(40-38)34-31-29-27-25-23-21-19-17-15-13-11-8-5-2/h35-36H,4-34H2,1-3H3. The van der Waals surface area contributed by atoms with Gasteiger partial charge in [-0.05, 0) is 56.2 Å². The van der Waals surface area contributed by atoms with E-state index in [0.717, 1.165) is 0 Å². The molecule has 0 saturated carbocycles. The van der Waals surface area contributed by atoms with Crippen LogP contribution in [0.25, 0.3) is 0 Å². The van der Waals surface area contributed by atoms with Gasteiger partial charge < -0.3 is 0 Å². The van der Waals surface area contributed by atoms with Crippen molar-refractivity contribution < 1.29 is 0 Å². The molecule has 0 aliphatic carbocycles. The van der Waals surface area contributed by atoms with Gasteiger partial charge in [0.2, 0.25) is 0 Å². The van der Waals surface area contributed by atoms with Crippen LogP contribution in [0.3, 0.4) is 0 Å². The molecule has 1 rings (SSSR count). The van der Waals surface area contributed by atoms with Crippen molar-refractivity contribution in [3.05, 3.63) is 29.1 Å². The van der Waals surface area contributed by atoms with E-state index < -0.39 is 0 Å². The number of unbranched alkanes of at least 4 members (excludes halogenated alkanes) is 25. The van der Waals surface area contributed by atoms with Gasteiger partial charge in [0, 0.05) is 11.4 Å². The van der Waals surface area contributed by atoms with E-state index in [0.29, 0.717) is 0 Å². The van der Waals surface area contributed by atoms with Crippen molar-refractivity contribution in [1.82, 2.24) is 4.98 Å². The van der Waals surface area contributed by atoms with Gasteiger partial charge in [0.1, 0.15) is 0 Å². The van der Waals surface area contributed by atoms with Crippen LogP contribution in [0.5, 0.6) is 0 Å². The third-order valence-corrected chi connectivity index (χ3v) is 8.88. The molecule has 0 radical (unpaired) electrons. The van der Waals surface area contributed by atoms with Crippen molar-refractivity contribution in [3.8, 4) is 0 Å². The van der Waals surface area contributed by atoms with Crippen LogP contribution in [0, 0.1) is 0 Å². The zero-order valence-corrected chi connectivity index (χ0v) is 28.0. The summed E-state index contributed by atoms with van der Waals surface area (Å²) in [7, 11) is 0. The Morgan fingerprint density at radius 2 is 0.600 bits per heavy atom. The highest BCUT2D eigenvalue weighted by atomic mass is 14.7. The topological polar surface area (TPSA) is 12.9 Å². The number of aryl methyl sites for hydroxylation is 3. The summed E-state index contributed by atoms with van der Waals surface area (Å²) < 4.78 is 0. The van der Waals surface area contributed by atoms with Gasteiger partial charge in [0.05, 0.1) is 0 Å². The molecule has 1 nitrogen and oxygen atoms in total. The first-order valence-electron chi connectivity index (χ1n) is 18.8. The molecular weight excluding hydrogens is 482 g/mol. The highest BCUT2D eigenvalue weighted by molar-refractivity contribution is 5.22. The summed E-state index contributed by atoms with van der Waals surface area (Å²) in [6, 6.07) is 4.87. The second-order valence-electron chi connectivity index (χ2n) is 13.0. The number of hydrogen-bond acceptors (Lipinski definition) is 1. The van der Waals surface area contributed by atoms with Crippen molar-refractivity contribution in [1.29, 1.82) is 0 Å². The molecule has 234 valence electrons. The average Bonchev–Trinajstić information content (AvgIpc) is 2.96. The molecule has 1 aromatic rings. The van der Waals surface area contributed by atoms with E-state index in [1.54, 1.807) is 5.56 Å². The SMILES string of the molecule is CCCCCCCCCCCCCCCc1cc(CCCC)cc(CCCCCCCCCCCCCCC)n1. The molecule has 1 aromatic heterocycles. The smallest absolute Gasteiger partial charge is 0.0409 e. The van der Waals surface area contributed by atoms with Gasteiger partial charge in [-0.2, -0.15) is 0 Å². The van der Waals surface area contributed by atoms with Crippen molar-refractivity contribution >= 4 is 0 Å². The van der Waals surface area contributed by atoms with E-state index in [-0.39, 0.29) is 0 Å². The van der Waals surface area contributed by atoms with E-state index in [9.17, 15) is 0 Å². The highest BCUT2D eigenvalue weighted by Gasteiger charge is 2.05. The van der Waals surface area contributed by atoms with Crippen molar-refractivity contribution in [2.75, 3.05) is 0 Å². The van der Waals surface area contributed by atoms with Crippen LogP contribution >= 0.6 is 0 Å². The molecule has 1 heteroatoms. The molecule has 0 fully saturated rings. The molecule has 0 unspecified atom stereocenters. The zero-order valence-electron chi connectivity index (χ0n) is 28.0. The Morgan fingerprint density at radius 1 is 0.325 bits per heavy atom. The Balaban J connectivity index is 2.14. The van der Waals surface area contributed by atoms with Crippen LogP contribution in [0.4, 0.5) is 0 Å². The minimum absolute atomic E-state index is 1.18. The van der Waals surface area contributed by atoms with Crippen molar-refractivity contribution in [3.63, 3.8) is 0 Å². The molecule has 1 heterocycles. The van der Waals surface area contributed by atoms with Crippen LogP contribution in [0.15, 0.2) is 12.1 Å². The van der Waals surface area contributed by atoms with Crippen LogP contribution in [0.1, 0.15) is 218 Å². The van der Waals surface area contributed by atoms with Crippen molar-refractivity contribution in [2.24, 2.45) is 0 Å². The normalized spacial score (nSPS) is 11.5. The Hall–Kier alpha value is -0.850. The van der Waals surface area contributed by atoms with Gasteiger partial charge in [-0.3, -0.25) is 4.98 Å². The molecule has 0 atom stereocenters. The van der Waals surface area contributed by atoms with Gasteiger partial charge in [-0.1, -0.05) is 181 Å². The molecule has 0 bridgehead atoms. The predicted molar refractivity (Wildman–Crippen MR) is 182 cm³/mol. The zero-order chi connectivity index (χ0) is 28.8. The third-order valence-electron chi connectivity index (χ3n) is 8.88. The molecule has 0 spiro atoms. The maximum Gasteiger partial charge on any atom is 0.0409 e. The monoisotopic (exact) mass is 556 g/mol. The second-order valence-corrected chi connectivity index (χ2v) is 13.0. The molecule has 0 amide bonds. The Kier molecular flexibility index (Phi) is 27.5. The summed E-state index contributed by atoms with van der Waals surface area (Å²) >= 11 is 0. The summed E-state index contributed by atoms with van der Waals surface area (Å²) in [5.74, 6) is 0. The van der Waals surface area contributed by atoms with Crippen LogP contribution < -0.4 is 0 Å². The van der Waals surface area contributed by atoms with E-state index >= 15 is 0 Å². The molecule has 0 aliphatic heterocycles. The maximum absolute atomic E-state index is 5.13. The maximum atomic E-state index is 5.13. The number of nitrogens with zero attached hydrogens (tertiary/aromatic N) is 1. The van der Waals surface area contributed by atoms with Crippen LogP contribution in [-0.4, -0.2) is 4.98 Å². The van der Waals surface area contributed by atoms with E-state index in [4.69, 9.17) is 4.98 Å². The number of aromatic nitrogens is 1. The lowest BCUT2D eigenvalue weighted by molar-refractivity contribution is 0.537. The molecule has 0 aromatic carbocycles. The predicted octanol–water partition coefficient (Wildman–Crippen LogP) is 13.7. The fraction of sp³-hybridized carbons (Fsp3) is 0.872. The quantitative estimate of drug-likeness (QED) is 0.0830. The minimum Gasteiger partial charge on any atom is -0.258 e. The summed E-state index contributed by atoms with van der Waals surface area (Å²) in [4.78, 5) is 5.13. The Bertz CT molecular complexity index is 587. The number of pyridine rings is 1. The Morgan fingerprint density at radius 3 is 0.900 bits per heavy atom. The first kappa shape index (κ1) is 37.2. The van der Waals surface area contributed by atoms with Gasteiger partial charge in [0.25, 0.3) is 0 Å². The second kappa shape index (κ2) is 29.6. The first-order chi connectivity index (χ1) is 19.8. The van der Waals surface area contributed by atoms with Gasteiger partial charge in [-0.15, -0.1) is 0 Å². The lowest BCUT2D eigenvalue weighted by Gasteiger charge is -2.10. The van der Waals surface area contributed by atoms with Crippen LogP contribution in [0.2, 0.25) is 0 Å². The van der Waals surface area contributed by atoms with Crippen LogP contribution in [-0.2, 0) is 19.3 Å². The highest BCUT2D eigenvalue weighted by Crippen LogP contribution is 2.18. The third kappa shape index (κ3) is 23.8.